The SMILES string of the molecule is Cc1ccc(NC(=O)C(OC(=O)C2=CN3CCS(=O)(=O)N=C3C=C2)c2ccccc2)cc1. The number of anilines is 1. The highest BCUT2D eigenvalue weighted by molar-refractivity contribution is 7.90. The lowest BCUT2D eigenvalue weighted by Gasteiger charge is -2.27. The quantitative estimate of drug-likeness (QED) is 0.701. The fraction of sp³-hybridized carbons (Fsp3) is 0.174. The molecule has 0 spiro atoms. The Kier molecular flexibility index (Phi) is 5.91. The van der Waals surface area contributed by atoms with Crippen LogP contribution in [0.4, 0.5) is 5.69 Å². The molecule has 2 aromatic rings. The van der Waals surface area contributed by atoms with Crippen LogP contribution < -0.4 is 5.32 Å². The summed E-state index contributed by atoms with van der Waals surface area (Å²) in [6.07, 6.45) is 3.18. The van der Waals surface area contributed by atoms with Gasteiger partial charge in [-0.3, -0.25) is 4.79 Å². The van der Waals surface area contributed by atoms with E-state index in [1.165, 1.54) is 18.4 Å². The molecule has 1 N–H and O–H groups in total. The standard InChI is InChI=1S/C23H21N3O5S/c1-16-7-10-19(11-8-16)24-22(27)21(17-5-3-2-4-6-17)31-23(28)18-9-12-20-25-32(29,30)14-13-26(20)15-18/h2-12,15,21H,13-14H2,1H3,(H,24,27). The first-order valence-corrected chi connectivity index (χ1v) is 11.5. The van der Waals surface area contributed by atoms with Crippen LogP contribution >= 0.6 is 0 Å². The van der Waals surface area contributed by atoms with E-state index in [9.17, 15) is 18.0 Å². The number of rotatable bonds is 5. The molecule has 0 radical (unpaired) electrons. The number of amides is 1. The van der Waals surface area contributed by atoms with Crippen LogP contribution in [0.25, 0.3) is 0 Å². The summed E-state index contributed by atoms with van der Waals surface area (Å²) >= 11 is 0. The van der Waals surface area contributed by atoms with E-state index in [0.717, 1.165) is 5.56 Å². The van der Waals surface area contributed by atoms with Crippen molar-refractivity contribution in [2.24, 2.45) is 4.40 Å². The van der Waals surface area contributed by atoms with Crippen molar-refractivity contribution in [3.63, 3.8) is 0 Å². The summed E-state index contributed by atoms with van der Waals surface area (Å²) in [5.74, 6) is -1.10. The molecule has 8 nitrogen and oxygen atoms in total. The molecule has 0 aliphatic carbocycles. The molecule has 1 unspecified atom stereocenters. The highest BCUT2D eigenvalue weighted by atomic mass is 32.2. The second-order valence-electron chi connectivity index (χ2n) is 7.40. The maximum Gasteiger partial charge on any atom is 0.340 e. The molecule has 2 aromatic carbocycles. The van der Waals surface area contributed by atoms with Gasteiger partial charge in [0.25, 0.3) is 15.9 Å². The summed E-state index contributed by atoms with van der Waals surface area (Å²) in [4.78, 5) is 27.4. The Hall–Kier alpha value is -3.72. The number of sulfonamides is 1. The van der Waals surface area contributed by atoms with Gasteiger partial charge in [0.2, 0.25) is 6.10 Å². The number of carbonyl (C=O) groups is 2. The summed E-state index contributed by atoms with van der Waals surface area (Å²) in [6, 6.07) is 16.0. The number of fused-ring (bicyclic) bond motifs is 1. The second-order valence-corrected chi connectivity index (χ2v) is 9.15. The molecule has 0 saturated heterocycles. The van der Waals surface area contributed by atoms with Crippen LogP contribution in [0.2, 0.25) is 0 Å². The number of aryl methyl sites for hydroxylation is 1. The summed E-state index contributed by atoms with van der Waals surface area (Å²) in [5, 5.41) is 2.78. The van der Waals surface area contributed by atoms with Crippen LogP contribution in [-0.2, 0) is 24.3 Å². The predicted molar refractivity (Wildman–Crippen MR) is 120 cm³/mol. The Labute approximate surface area is 186 Å². The van der Waals surface area contributed by atoms with Crippen molar-refractivity contribution in [3.05, 3.63) is 89.6 Å². The number of benzene rings is 2. The van der Waals surface area contributed by atoms with Crippen molar-refractivity contribution in [2.75, 3.05) is 17.6 Å². The summed E-state index contributed by atoms with van der Waals surface area (Å²) in [6.45, 7) is 2.12. The van der Waals surface area contributed by atoms with Crippen LogP contribution in [0.5, 0.6) is 0 Å². The fourth-order valence-corrected chi connectivity index (χ4v) is 4.21. The van der Waals surface area contributed by atoms with Gasteiger partial charge in [-0.15, -0.1) is 4.40 Å². The van der Waals surface area contributed by atoms with Crippen molar-refractivity contribution < 1.29 is 22.7 Å². The van der Waals surface area contributed by atoms with E-state index in [-0.39, 0.29) is 23.7 Å². The number of hydrogen-bond acceptors (Lipinski definition) is 6. The molecule has 1 atom stereocenters. The molecule has 0 saturated carbocycles. The lowest BCUT2D eigenvalue weighted by atomic mass is 10.1. The monoisotopic (exact) mass is 451 g/mol. The highest BCUT2D eigenvalue weighted by Crippen LogP contribution is 2.24. The molecule has 2 aliphatic heterocycles. The van der Waals surface area contributed by atoms with E-state index < -0.39 is 28.0 Å². The van der Waals surface area contributed by atoms with Crippen molar-refractivity contribution in [2.45, 2.75) is 13.0 Å². The Morgan fingerprint density at radius 3 is 2.50 bits per heavy atom. The van der Waals surface area contributed by atoms with E-state index >= 15 is 0 Å². The van der Waals surface area contributed by atoms with E-state index in [2.05, 4.69) is 9.71 Å². The predicted octanol–water partition coefficient (Wildman–Crippen LogP) is 2.72. The molecule has 9 heteroatoms. The zero-order valence-electron chi connectivity index (χ0n) is 17.3. The van der Waals surface area contributed by atoms with Crippen LogP contribution in [0.3, 0.4) is 0 Å². The number of carbonyl (C=O) groups excluding carboxylic acids is 2. The Bertz CT molecular complexity index is 1230. The molecule has 0 bridgehead atoms. The van der Waals surface area contributed by atoms with Crippen molar-refractivity contribution in [1.29, 1.82) is 0 Å². The molecular weight excluding hydrogens is 430 g/mol. The van der Waals surface area contributed by atoms with Crippen LogP contribution in [0.15, 0.2) is 82.9 Å². The average Bonchev–Trinajstić information content (AvgIpc) is 2.78. The molecule has 2 aliphatic rings. The Morgan fingerprint density at radius 1 is 1.06 bits per heavy atom. The smallest absolute Gasteiger partial charge is 0.340 e. The maximum atomic E-state index is 13.0. The van der Waals surface area contributed by atoms with E-state index in [1.54, 1.807) is 47.4 Å². The second kappa shape index (κ2) is 8.80. The van der Waals surface area contributed by atoms with Gasteiger partial charge in [-0.25, -0.2) is 13.2 Å². The first-order chi connectivity index (χ1) is 15.3. The van der Waals surface area contributed by atoms with Gasteiger partial charge in [0.05, 0.1) is 11.3 Å². The summed E-state index contributed by atoms with van der Waals surface area (Å²) in [7, 11) is -3.49. The number of amidine groups is 1. The third-order valence-corrected chi connectivity index (χ3v) is 6.11. The van der Waals surface area contributed by atoms with Gasteiger partial charge in [0, 0.05) is 24.0 Å². The van der Waals surface area contributed by atoms with Crippen LogP contribution in [0, 0.1) is 6.92 Å². The molecule has 2 heterocycles. The normalized spacial score (nSPS) is 17.5. The third-order valence-electron chi connectivity index (χ3n) is 4.94. The minimum absolute atomic E-state index is 0.144. The van der Waals surface area contributed by atoms with Gasteiger partial charge in [-0.2, -0.15) is 0 Å². The number of ether oxygens (including phenoxy) is 1. The maximum absolute atomic E-state index is 13.0. The van der Waals surface area contributed by atoms with Crippen LogP contribution in [0.1, 0.15) is 17.2 Å². The first kappa shape index (κ1) is 21.5. The number of nitrogens with zero attached hydrogens (tertiary/aromatic N) is 2. The van der Waals surface area contributed by atoms with Gasteiger partial charge in [-0.05, 0) is 31.2 Å². The molecule has 4 rings (SSSR count). The Balaban J connectivity index is 1.54. The zero-order chi connectivity index (χ0) is 22.7. The van der Waals surface area contributed by atoms with Gasteiger partial charge >= 0.3 is 5.97 Å². The minimum atomic E-state index is -3.49. The molecule has 0 fully saturated rings. The molecule has 0 aromatic heterocycles. The van der Waals surface area contributed by atoms with Gasteiger partial charge in [0.1, 0.15) is 5.84 Å². The first-order valence-electron chi connectivity index (χ1n) is 9.93. The summed E-state index contributed by atoms with van der Waals surface area (Å²) < 4.78 is 32.6. The summed E-state index contributed by atoms with van der Waals surface area (Å²) in [5.41, 5.74) is 2.35. The van der Waals surface area contributed by atoms with Crippen molar-refractivity contribution in [1.82, 2.24) is 4.90 Å². The van der Waals surface area contributed by atoms with E-state index in [1.807, 2.05) is 19.1 Å². The zero-order valence-corrected chi connectivity index (χ0v) is 18.1. The molecular formula is C23H21N3O5S. The van der Waals surface area contributed by atoms with Gasteiger partial charge in [0.15, 0.2) is 0 Å². The largest absolute Gasteiger partial charge is 0.444 e. The third kappa shape index (κ3) is 4.94. The van der Waals surface area contributed by atoms with E-state index in [0.29, 0.717) is 11.3 Å². The lowest BCUT2D eigenvalue weighted by Crippen LogP contribution is -2.37. The van der Waals surface area contributed by atoms with E-state index in [4.69, 9.17) is 4.74 Å². The van der Waals surface area contributed by atoms with Crippen molar-refractivity contribution >= 4 is 33.4 Å². The lowest BCUT2D eigenvalue weighted by molar-refractivity contribution is -0.150. The minimum Gasteiger partial charge on any atom is -0.444 e. The van der Waals surface area contributed by atoms with Crippen molar-refractivity contribution in [3.8, 4) is 0 Å². The molecule has 164 valence electrons. The van der Waals surface area contributed by atoms with Gasteiger partial charge in [-0.1, -0.05) is 48.0 Å². The van der Waals surface area contributed by atoms with Gasteiger partial charge < -0.3 is 15.0 Å². The average molecular weight is 452 g/mol. The number of esters is 1. The highest BCUT2D eigenvalue weighted by Gasteiger charge is 2.29. The fourth-order valence-electron chi connectivity index (χ4n) is 3.24. The topological polar surface area (TPSA) is 105 Å². The number of nitrogens with one attached hydrogen (secondary N) is 1. The number of hydrogen-bond donors (Lipinski definition) is 1. The molecule has 32 heavy (non-hydrogen) atoms. The van der Waals surface area contributed by atoms with Crippen LogP contribution in [-0.4, -0.2) is 43.3 Å². The Morgan fingerprint density at radius 2 is 1.78 bits per heavy atom. The molecule has 1 amide bonds.